The van der Waals surface area contributed by atoms with Crippen molar-refractivity contribution in [3.05, 3.63) is 66.4 Å². The van der Waals surface area contributed by atoms with Gasteiger partial charge in [0.05, 0.1) is 36.4 Å². The third-order valence-corrected chi connectivity index (χ3v) is 8.67. The number of nitrogens with one attached hydrogen (secondary N) is 5. The van der Waals surface area contributed by atoms with Crippen LogP contribution in [0.1, 0.15) is 90.6 Å². The number of carbonyl (C=O) groups is 3. The molecule has 0 aromatic heterocycles. The van der Waals surface area contributed by atoms with Gasteiger partial charge in [0.2, 0.25) is 17.6 Å². The predicted molar refractivity (Wildman–Crippen MR) is 204 cm³/mol. The SMILES string of the molecule is C=C(/C=C\C(=O)NC)C(=O)NC.C=CNCC([NH+]=C(N)CC)C1(C)C(O)C(NC(=O)c2cccc3c2OCCC3(C)C)CN1C.CC.CCC. The molecule has 282 valence electrons. The zero-order valence-electron chi connectivity index (χ0n) is 32.5. The summed E-state index contributed by atoms with van der Waals surface area (Å²) >= 11 is 0. The summed E-state index contributed by atoms with van der Waals surface area (Å²) < 4.78 is 5.93. The van der Waals surface area contributed by atoms with Crippen molar-refractivity contribution in [2.24, 2.45) is 5.73 Å². The first-order chi connectivity index (χ1) is 23.6. The van der Waals surface area contributed by atoms with Crippen molar-refractivity contribution in [1.82, 2.24) is 26.2 Å². The van der Waals surface area contributed by atoms with E-state index in [9.17, 15) is 19.5 Å². The molecular weight excluding hydrogens is 634 g/mol. The van der Waals surface area contributed by atoms with Gasteiger partial charge >= 0.3 is 0 Å². The number of ether oxygens (including phenoxy) is 1. The Balaban J connectivity index is 0.00000118. The molecule has 1 saturated heterocycles. The Kier molecular flexibility index (Phi) is 20.7. The molecule has 4 atom stereocenters. The smallest absolute Gasteiger partial charge is 0.255 e. The van der Waals surface area contributed by atoms with E-state index >= 15 is 0 Å². The molecule has 1 aromatic carbocycles. The minimum Gasteiger partial charge on any atom is -0.492 e. The van der Waals surface area contributed by atoms with E-state index in [2.05, 4.69) is 72.0 Å². The number of likely N-dealkylation sites (N-methyl/N-ethyl adjacent to an activating group) is 3. The third-order valence-electron chi connectivity index (χ3n) is 8.67. The fourth-order valence-corrected chi connectivity index (χ4v) is 5.44. The molecule has 2 aliphatic rings. The van der Waals surface area contributed by atoms with Crippen LogP contribution in [-0.2, 0) is 15.0 Å². The maximum atomic E-state index is 13.3. The van der Waals surface area contributed by atoms with E-state index in [1.165, 1.54) is 32.7 Å². The summed E-state index contributed by atoms with van der Waals surface area (Å²) in [5, 5.41) is 22.4. The van der Waals surface area contributed by atoms with Crippen molar-refractivity contribution < 1.29 is 29.2 Å². The van der Waals surface area contributed by atoms with E-state index in [1.54, 1.807) is 12.3 Å². The summed E-state index contributed by atoms with van der Waals surface area (Å²) in [5.41, 5.74) is 7.18. The second-order valence-electron chi connectivity index (χ2n) is 12.7. The number of para-hydroxylation sites is 1. The number of amides is 3. The molecule has 50 heavy (non-hydrogen) atoms. The van der Waals surface area contributed by atoms with Crippen molar-refractivity contribution in [2.75, 3.05) is 40.8 Å². The van der Waals surface area contributed by atoms with Crippen LogP contribution < -0.4 is 36.7 Å². The van der Waals surface area contributed by atoms with Crippen LogP contribution in [0.2, 0.25) is 0 Å². The minimum atomic E-state index is -0.822. The highest BCUT2D eigenvalue weighted by Crippen LogP contribution is 2.40. The maximum Gasteiger partial charge on any atom is 0.255 e. The summed E-state index contributed by atoms with van der Waals surface area (Å²) in [6, 6.07) is 5.06. The first-order valence-electron chi connectivity index (χ1n) is 17.6. The van der Waals surface area contributed by atoms with E-state index in [1.807, 2.05) is 46.9 Å². The Morgan fingerprint density at radius 1 is 1.14 bits per heavy atom. The van der Waals surface area contributed by atoms with E-state index in [-0.39, 0.29) is 34.8 Å². The Bertz CT molecular complexity index is 1330. The molecule has 0 saturated carbocycles. The number of fused-ring (bicyclic) bond motifs is 1. The summed E-state index contributed by atoms with van der Waals surface area (Å²) in [6.45, 7) is 25.3. The normalized spacial score (nSPS) is 21.2. The zero-order chi connectivity index (χ0) is 38.7. The van der Waals surface area contributed by atoms with Gasteiger partial charge in [0, 0.05) is 44.3 Å². The topological polar surface area (TPSA) is 172 Å². The molecule has 0 spiro atoms. The van der Waals surface area contributed by atoms with Crippen molar-refractivity contribution in [2.45, 2.75) is 104 Å². The molecule has 2 aliphatic heterocycles. The molecule has 8 N–H and O–H groups in total. The number of carbonyl (C=O) groups excluding carboxylic acids is 3. The minimum absolute atomic E-state index is 0.0533. The van der Waals surface area contributed by atoms with Crippen LogP contribution in [0.4, 0.5) is 0 Å². The van der Waals surface area contributed by atoms with Gasteiger partial charge in [-0.1, -0.05) is 80.2 Å². The first-order valence-corrected chi connectivity index (χ1v) is 17.6. The fraction of sp³-hybridized carbons (Fsp3) is 0.579. The van der Waals surface area contributed by atoms with Gasteiger partial charge in [0.15, 0.2) is 0 Å². The van der Waals surface area contributed by atoms with Gasteiger partial charge in [-0.05, 0) is 44.1 Å². The monoisotopic (exact) mass is 701 g/mol. The van der Waals surface area contributed by atoms with Gasteiger partial charge in [-0.25, -0.2) is 0 Å². The number of hydrogen-bond donors (Lipinski definition) is 7. The van der Waals surface area contributed by atoms with Crippen molar-refractivity contribution in [3.8, 4) is 5.75 Å². The van der Waals surface area contributed by atoms with E-state index in [0.717, 1.165) is 12.0 Å². The number of likely N-dealkylation sites (tertiary alicyclic amines) is 1. The highest BCUT2D eigenvalue weighted by atomic mass is 16.5. The average molecular weight is 701 g/mol. The molecule has 3 amide bonds. The molecule has 4 unspecified atom stereocenters. The Morgan fingerprint density at radius 2 is 1.76 bits per heavy atom. The number of amidine groups is 1. The molecule has 0 radical (unpaired) electrons. The van der Waals surface area contributed by atoms with Crippen molar-refractivity contribution in [3.63, 3.8) is 0 Å². The lowest BCUT2D eigenvalue weighted by Crippen LogP contribution is -2.90. The van der Waals surface area contributed by atoms with Gasteiger partial charge < -0.3 is 31.1 Å². The highest BCUT2D eigenvalue weighted by molar-refractivity contribution is 5.98. The highest BCUT2D eigenvalue weighted by Gasteiger charge is 2.54. The van der Waals surface area contributed by atoms with Crippen LogP contribution in [0.3, 0.4) is 0 Å². The van der Waals surface area contributed by atoms with E-state index < -0.39 is 17.7 Å². The number of nitrogens with zero attached hydrogens (tertiary/aromatic N) is 1. The Hall–Kier alpha value is -4.16. The quantitative estimate of drug-likeness (QED) is 0.0794. The Morgan fingerprint density at radius 3 is 2.30 bits per heavy atom. The average Bonchev–Trinajstić information content (AvgIpc) is 3.32. The van der Waals surface area contributed by atoms with Crippen LogP contribution in [0.5, 0.6) is 5.75 Å². The third kappa shape index (κ3) is 12.6. The van der Waals surface area contributed by atoms with E-state index in [0.29, 0.717) is 43.3 Å². The van der Waals surface area contributed by atoms with Gasteiger partial charge in [-0.2, -0.15) is 0 Å². The molecule has 1 fully saturated rings. The molecule has 12 heteroatoms. The molecule has 0 aliphatic carbocycles. The maximum absolute atomic E-state index is 13.3. The molecule has 2 heterocycles. The number of nitrogens with two attached hydrogens (primary N) is 1. The second-order valence-corrected chi connectivity index (χ2v) is 12.7. The van der Waals surface area contributed by atoms with Crippen LogP contribution in [0, 0.1) is 0 Å². The second kappa shape index (κ2) is 22.5. The van der Waals surface area contributed by atoms with Gasteiger partial charge in [-0.15, -0.1) is 0 Å². The predicted octanol–water partition coefficient (Wildman–Crippen LogP) is 1.89. The van der Waals surface area contributed by atoms with Crippen LogP contribution >= 0.6 is 0 Å². The lowest BCUT2D eigenvalue weighted by atomic mass is 9.79. The fourth-order valence-electron chi connectivity index (χ4n) is 5.44. The molecule has 12 nitrogen and oxygen atoms in total. The van der Waals surface area contributed by atoms with Crippen molar-refractivity contribution >= 4 is 23.6 Å². The number of aliphatic hydroxyl groups excluding tert-OH is 1. The van der Waals surface area contributed by atoms with Gasteiger partial charge in [0.1, 0.15) is 11.8 Å². The summed E-state index contributed by atoms with van der Waals surface area (Å²) in [4.78, 5) is 40.2. The van der Waals surface area contributed by atoms with Gasteiger partial charge in [-0.3, -0.25) is 30.0 Å². The van der Waals surface area contributed by atoms with Crippen LogP contribution in [0.25, 0.3) is 0 Å². The van der Waals surface area contributed by atoms with Crippen LogP contribution in [0.15, 0.2) is 55.3 Å². The lowest BCUT2D eigenvalue weighted by molar-refractivity contribution is -0.522. The van der Waals surface area contributed by atoms with Crippen LogP contribution in [-0.4, -0.2) is 98.1 Å². The number of aliphatic hydroxyl groups is 1. The molecule has 3 rings (SSSR count). The number of rotatable bonds is 11. The van der Waals surface area contributed by atoms with Crippen molar-refractivity contribution in [1.29, 1.82) is 0 Å². The number of hydrogen-bond acceptors (Lipinski definition) is 7. The standard InChI is InChI=1S/C25H39N5O3.C8H12N2O2.C3H8.C2H6/c1-7-20(26)29-19(14-27-8-2)25(5)22(31)18(15-30(25)6)28-23(32)16-10-9-11-17-21(16)33-13-12-24(17,3)4;1-6(8(12)10-3)4-5-7(11)9-2;1-3-2;1-2/h8-11,18-19,22,27,31H,2,7,12-15H2,1,3-6H3,(H2,26,29)(H,28,32);4-5H,1H2,2-3H3,(H,9,11)(H,10,12);3H2,1-2H3;1-2H3/p+1/b;5-4-;;. The lowest BCUT2D eigenvalue weighted by Gasteiger charge is -2.39. The summed E-state index contributed by atoms with van der Waals surface area (Å²) in [5.74, 6) is 0.501. The summed E-state index contributed by atoms with van der Waals surface area (Å²) in [6.07, 6.45) is 6.24. The van der Waals surface area contributed by atoms with Gasteiger partial charge in [0.25, 0.3) is 5.91 Å². The summed E-state index contributed by atoms with van der Waals surface area (Å²) in [7, 11) is 4.96. The molecule has 1 aromatic rings. The molecule has 0 bridgehead atoms. The zero-order valence-corrected chi connectivity index (χ0v) is 32.5. The first kappa shape index (κ1) is 45.8. The number of benzene rings is 1. The Labute approximate surface area is 301 Å². The molecular formula is C38H66N7O5+. The largest absolute Gasteiger partial charge is 0.492 e. The van der Waals surface area contributed by atoms with E-state index in [4.69, 9.17) is 10.5 Å².